The van der Waals surface area contributed by atoms with Gasteiger partial charge in [0, 0.05) is 5.56 Å². The maximum Gasteiger partial charge on any atom is 0.307 e. The van der Waals surface area contributed by atoms with Crippen LogP contribution in [-0.2, 0) is 14.3 Å². The molecular weight excluding hydrogens is 336 g/mol. The topological polar surface area (TPSA) is 93.7 Å². The summed E-state index contributed by atoms with van der Waals surface area (Å²) < 4.78 is 10.1. The molecule has 1 atom stereocenters. The lowest BCUT2D eigenvalue weighted by atomic mass is 10.0. The Bertz CT molecular complexity index is 835. The van der Waals surface area contributed by atoms with Crippen LogP contribution in [0.25, 0.3) is 0 Å². The molecule has 2 aromatic carbocycles. The van der Waals surface area contributed by atoms with E-state index >= 15 is 0 Å². The Kier molecular flexibility index (Phi) is 5.17. The van der Waals surface area contributed by atoms with Crippen molar-refractivity contribution in [1.82, 2.24) is 5.32 Å². The number of esters is 1. The predicted octanol–water partition coefficient (Wildman–Crippen LogP) is 2.05. The van der Waals surface area contributed by atoms with E-state index in [9.17, 15) is 14.4 Å². The lowest BCUT2D eigenvalue weighted by molar-refractivity contribution is -0.141. The maximum atomic E-state index is 12.6. The first-order valence-electron chi connectivity index (χ1n) is 8.06. The van der Waals surface area contributed by atoms with Crippen molar-refractivity contribution in [2.75, 3.05) is 19.0 Å². The standard InChI is InChI=1S/C19H18N2O5/c1-25-18(23)10-15(12-5-3-2-4-6-12)21-19(24)13-7-8-14-16(9-13)26-11-17(22)20-14/h2-9,15H,10-11H2,1H3,(H,20,22)(H,21,24). The van der Waals surface area contributed by atoms with Gasteiger partial charge in [-0.05, 0) is 23.8 Å². The van der Waals surface area contributed by atoms with Crippen LogP contribution in [0.15, 0.2) is 48.5 Å². The highest BCUT2D eigenvalue weighted by Gasteiger charge is 2.22. The van der Waals surface area contributed by atoms with Crippen molar-refractivity contribution in [3.8, 4) is 5.75 Å². The molecule has 1 heterocycles. The second kappa shape index (κ2) is 7.69. The predicted molar refractivity (Wildman–Crippen MR) is 93.8 cm³/mol. The van der Waals surface area contributed by atoms with Gasteiger partial charge < -0.3 is 20.1 Å². The van der Waals surface area contributed by atoms with Gasteiger partial charge in [-0.3, -0.25) is 14.4 Å². The van der Waals surface area contributed by atoms with Gasteiger partial charge >= 0.3 is 5.97 Å². The highest BCUT2D eigenvalue weighted by atomic mass is 16.5. The van der Waals surface area contributed by atoms with E-state index in [0.717, 1.165) is 5.56 Å². The van der Waals surface area contributed by atoms with E-state index < -0.39 is 12.0 Å². The normalized spacial score (nSPS) is 13.7. The van der Waals surface area contributed by atoms with Crippen molar-refractivity contribution >= 4 is 23.5 Å². The number of nitrogens with one attached hydrogen (secondary N) is 2. The summed E-state index contributed by atoms with van der Waals surface area (Å²) in [6, 6.07) is 13.4. The van der Waals surface area contributed by atoms with Crippen LogP contribution in [0.4, 0.5) is 5.69 Å². The second-order valence-corrected chi connectivity index (χ2v) is 5.76. The number of hydrogen-bond donors (Lipinski definition) is 2. The molecule has 1 unspecified atom stereocenters. The monoisotopic (exact) mass is 354 g/mol. The average molecular weight is 354 g/mol. The van der Waals surface area contributed by atoms with E-state index in [1.807, 2.05) is 30.3 Å². The zero-order chi connectivity index (χ0) is 18.5. The number of ether oxygens (including phenoxy) is 2. The highest BCUT2D eigenvalue weighted by molar-refractivity contribution is 5.99. The molecule has 26 heavy (non-hydrogen) atoms. The summed E-state index contributed by atoms with van der Waals surface area (Å²) >= 11 is 0. The van der Waals surface area contributed by atoms with E-state index in [0.29, 0.717) is 17.0 Å². The molecule has 2 amide bonds. The van der Waals surface area contributed by atoms with Gasteiger partial charge in [0.05, 0.1) is 25.3 Å². The first-order valence-corrected chi connectivity index (χ1v) is 8.06. The number of carbonyl (C=O) groups excluding carboxylic acids is 3. The summed E-state index contributed by atoms with van der Waals surface area (Å²) in [5.41, 5.74) is 1.69. The van der Waals surface area contributed by atoms with Crippen molar-refractivity contribution in [1.29, 1.82) is 0 Å². The van der Waals surface area contributed by atoms with Crippen LogP contribution in [0.2, 0.25) is 0 Å². The molecule has 2 aromatic rings. The van der Waals surface area contributed by atoms with E-state index in [-0.39, 0.29) is 24.8 Å². The Morgan fingerprint density at radius 1 is 1.23 bits per heavy atom. The molecule has 3 rings (SSSR count). The molecule has 0 aliphatic carbocycles. The number of fused-ring (bicyclic) bond motifs is 1. The van der Waals surface area contributed by atoms with Crippen molar-refractivity contribution in [3.05, 3.63) is 59.7 Å². The van der Waals surface area contributed by atoms with Gasteiger partial charge in [0.25, 0.3) is 11.8 Å². The van der Waals surface area contributed by atoms with Gasteiger partial charge in [0.1, 0.15) is 5.75 Å². The highest BCUT2D eigenvalue weighted by Crippen LogP contribution is 2.29. The van der Waals surface area contributed by atoms with Crippen molar-refractivity contribution < 1.29 is 23.9 Å². The van der Waals surface area contributed by atoms with Gasteiger partial charge in [0.15, 0.2) is 6.61 Å². The summed E-state index contributed by atoms with van der Waals surface area (Å²) in [6.45, 7) is -0.0902. The van der Waals surface area contributed by atoms with Gasteiger partial charge in [-0.15, -0.1) is 0 Å². The number of amides is 2. The van der Waals surface area contributed by atoms with E-state index in [2.05, 4.69) is 10.6 Å². The number of hydrogen-bond acceptors (Lipinski definition) is 5. The van der Waals surface area contributed by atoms with E-state index in [1.165, 1.54) is 7.11 Å². The number of methoxy groups -OCH3 is 1. The molecule has 7 nitrogen and oxygen atoms in total. The quantitative estimate of drug-likeness (QED) is 0.802. The Hall–Kier alpha value is -3.35. The third-order valence-corrected chi connectivity index (χ3v) is 3.98. The van der Waals surface area contributed by atoms with Crippen LogP contribution < -0.4 is 15.4 Å². The summed E-state index contributed by atoms with van der Waals surface area (Å²) in [6.07, 6.45) is 0.0176. The minimum atomic E-state index is -0.521. The van der Waals surface area contributed by atoms with Gasteiger partial charge in [-0.25, -0.2) is 0 Å². The fraction of sp³-hybridized carbons (Fsp3) is 0.211. The second-order valence-electron chi connectivity index (χ2n) is 5.76. The molecule has 7 heteroatoms. The molecule has 0 radical (unpaired) electrons. The van der Waals surface area contributed by atoms with Crippen LogP contribution in [0, 0.1) is 0 Å². The fourth-order valence-electron chi connectivity index (χ4n) is 2.64. The molecule has 0 aromatic heterocycles. The number of rotatable bonds is 5. The maximum absolute atomic E-state index is 12.6. The molecule has 0 spiro atoms. The number of carbonyl (C=O) groups is 3. The zero-order valence-corrected chi connectivity index (χ0v) is 14.2. The first kappa shape index (κ1) is 17.5. The first-order chi connectivity index (χ1) is 12.6. The Morgan fingerprint density at radius 2 is 2.00 bits per heavy atom. The van der Waals surface area contributed by atoms with Gasteiger partial charge in [0.2, 0.25) is 0 Å². The lowest BCUT2D eigenvalue weighted by Crippen LogP contribution is -2.31. The van der Waals surface area contributed by atoms with Crippen molar-refractivity contribution in [2.45, 2.75) is 12.5 Å². The SMILES string of the molecule is COC(=O)CC(NC(=O)c1ccc2c(c1)OCC(=O)N2)c1ccccc1. The lowest BCUT2D eigenvalue weighted by Gasteiger charge is -2.20. The number of anilines is 1. The van der Waals surface area contributed by atoms with Gasteiger partial charge in [-0.1, -0.05) is 30.3 Å². The molecule has 1 aliphatic rings. The largest absolute Gasteiger partial charge is 0.482 e. The summed E-state index contributed by atoms with van der Waals surface area (Å²) in [4.78, 5) is 35.7. The molecular formula is C19H18N2O5. The van der Waals surface area contributed by atoms with Crippen LogP contribution in [0.5, 0.6) is 5.75 Å². The van der Waals surface area contributed by atoms with E-state index in [4.69, 9.17) is 9.47 Å². The zero-order valence-electron chi connectivity index (χ0n) is 14.2. The fourth-order valence-corrected chi connectivity index (χ4v) is 2.64. The van der Waals surface area contributed by atoms with Crippen molar-refractivity contribution in [2.24, 2.45) is 0 Å². The minimum Gasteiger partial charge on any atom is -0.482 e. The van der Waals surface area contributed by atoms with Crippen LogP contribution >= 0.6 is 0 Å². The number of benzene rings is 2. The Labute approximate surface area is 150 Å². The van der Waals surface area contributed by atoms with Crippen LogP contribution in [-0.4, -0.2) is 31.5 Å². The molecule has 0 bridgehead atoms. The Morgan fingerprint density at radius 3 is 2.73 bits per heavy atom. The third kappa shape index (κ3) is 4.00. The average Bonchev–Trinajstić information content (AvgIpc) is 2.67. The summed E-state index contributed by atoms with van der Waals surface area (Å²) in [5.74, 6) is -0.583. The summed E-state index contributed by atoms with van der Waals surface area (Å²) in [5, 5.41) is 5.52. The molecule has 1 aliphatic heterocycles. The van der Waals surface area contributed by atoms with Crippen LogP contribution in [0.3, 0.4) is 0 Å². The molecule has 0 saturated heterocycles. The Balaban J connectivity index is 1.79. The smallest absolute Gasteiger partial charge is 0.307 e. The van der Waals surface area contributed by atoms with Crippen LogP contribution in [0.1, 0.15) is 28.4 Å². The summed E-state index contributed by atoms with van der Waals surface area (Å²) in [7, 11) is 1.31. The third-order valence-electron chi connectivity index (χ3n) is 3.98. The molecule has 134 valence electrons. The molecule has 0 fully saturated rings. The van der Waals surface area contributed by atoms with Gasteiger partial charge in [-0.2, -0.15) is 0 Å². The molecule has 0 saturated carbocycles. The van der Waals surface area contributed by atoms with E-state index in [1.54, 1.807) is 18.2 Å². The molecule has 2 N–H and O–H groups in total. The van der Waals surface area contributed by atoms with Crippen molar-refractivity contribution in [3.63, 3.8) is 0 Å². The minimum absolute atomic E-state index is 0.0176.